The molecular formula is C30H35Cl2N3O3. The van der Waals surface area contributed by atoms with Crippen LogP contribution in [0.3, 0.4) is 0 Å². The Balaban J connectivity index is 1.56. The summed E-state index contributed by atoms with van der Waals surface area (Å²) in [5.41, 5.74) is 4.25. The molecule has 1 aliphatic rings. The molecule has 8 heteroatoms. The van der Waals surface area contributed by atoms with E-state index in [0.717, 1.165) is 36.4 Å². The molecule has 0 radical (unpaired) electrons. The van der Waals surface area contributed by atoms with Crippen molar-refractivity contribution in [3.8, 4) is 11.1 Å². The average molecular weight is 557 g/mol. The minimum Gasteiger partial charge on any atom is -0.383 e. The number of carbonyl (C=O) groups excluding carboxylic acids is 1. The molecule has 1 saturated heterocycles. The molecule has 0 spiro atoms. The SMILES string of the molecule is COCCN(CC(=O)N(C)C(CN1CCOCC1)c1ccc(-c2ccccc2)cc1)c1ccc(Cl)c(Cl)c1. The molecule has 1 atom stereocenters. The number of ether oxygens (including phenoxy) is 2. The molecule has 3 aromatic rings. The van der Waals surface area contributed by atoms with Gasteiger partial charge in [0.1, 0.15) is 0 Å². The number of anilines is 1. The third-order valence-electron chi connectivity index (χ3n) is 6.96. The highest BCUT2D eigenvalue weighted by Gasteiger charge is 2.27. The molecule has 38 heavy (non-hydrogen) atoms. The second-order valence-corrected chi connectivity index (χ2v) is 10.2. The topological polar surface area (TPSA) is 45.2 Å². The zero-order valence-electron chi connectivity index (χ0n) is 22.0. The molecule has 0 aromatic heterocycles. The number of benzene rings is 3. The molecule has 1 aliphatic heterocycles. The standard InChI is InChI=1S/C30H35Cl2N3O3/c1-33(30(36)22-35(16-17-37-2)26-12-13-27(31)28(32)20-26)29(21-34-14-18-38-19-15-34)25-10-8-24(9-11-25)23-6-4-3-5-7-23/h3-13,20,29H,14-19,21-22H2,1-2H3. The summed E-state index contributed by atoms with van der Waals surface area (Å²) in [4.78, 5) is 19.9. The normalized spacial score (nSPS) is 14.7. The summed E-state index contributed by atoms with van der Waals surface area (Å²) < 4.78 is 10.9. The number of hydrogen-bond acceptors (Lipinski definition) is 5. The highest BCUT2D eigenvalue weighted by Crippen LogP contribution is 2.29. The van der Waals surface area contributed by atoms with E-state index in [2.05, 4.69) is 41.3 Å². The summed E-state index contributed by atoms with van der Waals surface area (Å²) in [6, 6.07) is 24.2. The van der Waals surface area contributed by atoms with Gasteiger partial charge in [-0.3, -0.25) is 9.69 Å². The lowest BCUT2D eigenvalue weighted by molar-refractivity contribution is -0.131. The second kappa shape index (κ2) is 14.0. The van der Waals surface area contributed by atoms with Crippen molar-refractivity contribution >= 4 is 34.8 Å². The zero-order valence-corrected chi connectivity index (χ0v) is 23.5. The zero-order chi connectivity index (χ0) is 26.9. The van der Waals surface area contributed by atoms with Crippen LogP contribution >= 0.6 is 23.2 Å². The van der Waals surface area contributed by atoms with Crippen molar-refractivity contribution in [3.05, 3.63) is 88.4 Å². The van der Waals surface area contributed by atoms with E-state index in [0.29, 0.717) is 36.4 Å². The molecule has 0 N–H and O–H groups in total. The Morgan fingerprint density at radius 2 is 1.66 bits per heavy atom. The Hall–Kier alpha value is -2.61. The van der Waals surface area contributed by atoms with Crippen molar-refractivity contribution in [3.63, 3.8) is 0 Å². The van der Waals surface area contributed by atoms with E-state index in [1.54, 1.807) is 19.2 Å². The van der Waals surface area contributed by atoms with Crippen molar-refractivity contribution < 1.29 is 14.3 Å². The van der Waals surface area contributed by atoms with Gasteiger partial charge in [0.05, 0.1) is 42.5 Å². The number of hydrogen-bond donors (Lipinski definition) is 0. The predicted molar refractivity (Wildman–Crippen MR) is 155 cm³/mol. The second-order valence-electron chi connectivity index (χ2n) is 9.43. The summed E-state index contributed by atoms with van der Waals surface area (Å²) in [6.07, 6.45) is 0. The van der Waals surface area contributed by atoms with E-state index < -0.39 is 0 Å². The van der Waals surface area contributed by atoms with E-state index in [1.807, 2.05) is 41.1 Å². The Morgan fingerprint density at radius 1 is 0.974 bits per heavy atom. The van der Waals surface area contributed by atoms with Crippen LogP contribution in [0, 0.1) is 0 Å². The fourth-order valence-corrected chi connectivity index (χ4v) is 4.93. The molecule has 6 nitrogen and oxygen atoms in total. The summed E-state index contributed by atoms with van der Waals surface area (Å²) in [5, 5.41) is 0.936. The van der Waals surface area contributed by atoms with Crippen LogP contribution in [0.25, 0.3) is 11.1 Å². The van der Waals surface area contributed by atoms with Gasteiger partial charge in [0, 0.05) is 46.0 Å². The lowest BCUT2D eigenvalue weighted by atomic mass is 9.99. The summed E-state index contributed by atoms with van der Waals surface area (Å²) in [6.45, 7) is 5.08. The first-order valence-corrected chi connectivity index (χ1v) is 13.6. The van der Waals surface area contributed by atoms with Gasteiger partial charge in [0.15, 0.2) is 0 Å². The monoisotopic (exact) mass is 555 g/mol. The van der Waals surface area contributed by atoms with Gasteiger partial charge in [-0.1, -0.05) is 77.8 Å². The van der Waals surface area contributed by atoms with E-state index in [9.17, 15) is 4.79 Å². The van der Waals surface area contributed by atoms with Crippen LogP contribution < -0.4 is 4.90 Å². The molecular weight excluding hydrogens is 521 g/mol. The van der Waals surface area contributed by atoms with Crippen LogP contribution in [0.4, 0.5) is 5.69 Å². The van der Waals surface area contributed by atoms with Crippen LogP contribution in [0.2, 0.25) is 10.0 Å². The Kier molecular flexibility index (Phi) is 10.4. The Labute approximate surface area is 235 Å². The first kappa shape index (κ1) is 28.4. The average Bonchev–Trinajstić information content (AvgIpc) is 2.96. The molecule has 4 rings (SSSR count). The van der Waals surface area contributed by atoms with Crippen LogP contribution in [0.5, 0.6) is 0 Å². The van der Waals surface area contributed by atoms with Crippen molar-refractivity contribution in [2.45, 2.75) is 6.04 Å². The molecule has 0 saturated carbocycles. The van der Waals surface area contributed by atoms with E-state index in [1.165, 1.54) is 5.56 Å². The van der Waals surface area contributed by atoms with Gasteiger partial charge in [0.2, 0.25) is 5.91 Å². The van der Waals surface area contributed by atoms with Gasteiger partial charge in [-0.15, -0.1) is 0 Å². The van der Waals surface area contributed by atoms with Gasteiger partial charge in [-0.25, -0.2) is 0 Å². The van der Waals surface area contributed by atoms with Gasteiger partial charge in [0.25, 0.3) is 0 Å². The number of methoxy groups -OCH3 is 1. The van der Waals surface area contributed by atoms with Gasteiger partial charge in [-0.05, 0) is 34.9 Å². The number of morpholine rings is 1. The number of likely N-dealkylation sites (N-methyl/N-ethyl adjacent to an activating group) is 1. The quantitative estimate of drug-likeness (QED) is 0.306. The molecule has 1 amide bonds. The van der Waals surface area contributed by atoms with Crippen molar-refractivity contribution in [2.24, 2.45) is 0 Å². The summed E-state index contributed by atoms with van der Waals surface area (Å²) in [7, 11) is 3.54. The smallest absolute Gasteiger partial charge is 0.242 e. The third kappa shape index (κ3) is 7.49. The minimum atomic E-state index is -0.108. The van der Waals surface area contributed by atoms with E-state index in [-0.39, 0.29) is 18.5 Å². The maximum atomic E-state index is 13.7. The predicted octanol–water partition coefficient (Wildman–Crippen LogP) is 5.65. The number of halogens is 2. The van der Waals surface area contributed by atoms with Gasteiger partial charge in [-0.2, -0.15) is 0 Å². The number of rotatable bonds is 11. The molecule has 1 heterocycles. The highest BCUT2D eigenvalue weighted by molar-refractivity contribution is 6.42. The molecule has 0 bridgehead atoms. The lowest BCUT2D eigenvalue weighted by Crippen LogP contribution is -2.46. The van der Waals surface area contributed by atoms with Crippen LogP contribution in [-0.2, 0) is 14.3 Å². The van der Waals surface area contributed by atoms with E-state index >= 15 is 0 Å². The van der Waals surface area contributed by atoms with Crippen LogP contribution in [-0.4, -0.2) is 82.4 Å². The van der Waals surface area contributed by atoms with Crippen LogP contribution in [0.15, 0.2) is 72.8 Å². The molecule has 0 aliphatic carbocycles. The van der Waals surface area contributed by atoms with Crippen molar-refractivity contribution in [1.29, 1.82) is 0 Å². The first-order valence-electron chi connectivity index (χ1n) is 12.9. The van der Waals surface area contributed by atoms with Crippen LogP contribution in [0.1, 0.15) is 11.6 Å². The lowest BCUT2D eigenvalue weighted by Gasteiger charge is -2.36. The molecule has 202 valence electrons. The number of nitrogens with zero attached hydrogens (tertiary/aromatic N) is 3. The molecule has 1 unspecified atom stereocenters. The first-order chi connectivity index (χ1) is 18.5. The van der Waals surface area contributed by atoms with Crippen molar-refractivity contribution in [1.82, 2.24) is 9.80 Å². The van der Waals surface area contributed by atoms with Gasteiger partial charge < -0.3 is 19.3 Å². The Bertz CT molecular complexity index is 1170. The third-order valence-corrected chi connectivity index (χ3v) is 7.70. The Morgan fingerprint density at radius 3 is 2.32 bits per heavy atom. The van der Waals surface area contributed by atoms with Crippen molar-refractivity contribution in [2.75, 3.05) is 71.6 Å². The molecule has 1 fully saturated rings. The number of amides is 1. The highest BCUT2D eigenvalue weighted by atomic mass is 35.5. The maximum absolute atomic E-state index is 13.7. The van der Waals surface area contributed by atoms with Gasteiger partial charge >= 0.3 is 0 Å². The number of carbonyl (C=O) groups is 1. The largest absolute Gasteiger partial charge is 0.383 e. The fraction of sp³-hybridized carbons (Fsp3) is 0.367. The maximum Gasteiger partial charge on any atom is 0.242 e. The summed E-state index contributed by atoms with van der Waals surface area (Å²) >= 11 is 12.4. The summed E-state index contributed by atoms with van der Waals surface area (Å²) in [5.74, 6) is 0.0116. The molecule has 3 aromatic carbocycles. The minimum absolute atomic E-state index is 0.0116. The van der Waals surface area contributed by atoms with E-state index in [4.69, 9.17) is 32.7 Å². The fourth-order valence-electron chi connectivity index (χ4n) is 4.64.